The second-order valence-electron chi connectivity index (χ2n) is 2.66. The van der Waals surface area contributed by atoms with Gasteiger partial charge in [-0.05, 0) is 19.3 Å². The van der Waals surface area contributed by atoms with Gasteiger partial charge in [-0.3, -0.25) is 0 Å². The first kappa shape index (κ1) is 6.23. The predicted molar refractivity (Wildman–Crippen MR) is 41.9 cm³/mol. The van der Waals surface area contributed by atoms with E-state index in [9.17, 15) is 0 Å². The van der Waals surface area contributed by atoms with E-state index in [1.807, 2.05) is 6.21 Å². The van der Waals surface area contributed by atoms with Crippen molar-refractivity contribution in [2.75, 3.05) is 0 Å². The molecule has 2 nitrogen and oxygen atoms in total. The first-order valence-electron chi connectivity index (χ1n) is 3.54. The normalized spacial score (nSPS) is 30.3. The Bertz CT molecular complexity index is 208. The molecular formula is C7H9ClN2+. The largest absolute Gasteiger partial charge is 0.281 e. The van der Waals surface area contributed by atoms with Crippen LogP contribution >= 0.6 is 11.6 Å². The molecule has 0 saturated heterocycles. The summed E-state index contributed by atoms with van der Waals surface area (Å²) in [6.07, 6.45) is 5.22. The van der Waals surface area contributed by atoms with Crippen LogP contribution in [0, 0.1) is 0 Å². The van der Waals surface area contributed by atoms with E-state index < -0.39 is 0 Å². The molecule has 1 atom stereocenters. The summed E-state index contributed by atoms with van der Waals surface area (Å²) in [6, 6.07) is 0. The Morgan fingerprint density at radius 2 is 2.60 bits per heavy atom. The lowest BCUT2D eigenvalue weighted by molar-refractivity contribution is 0.648. The number of allylic oxidation sites excluding steroid dienone is 2. The molecule has 0 fully saturated rings. The minimum atomic E-state index is 0.197. The van der Waals surface area contributed by atoms with Crippen molar-refractivity contribution in [1.82, 2.24) is 10.5 Å². The second kappa shape index (κ2) is 2.27. The standard InChI is InChI=1S/C7H9ClN2/c8-6-2-1-3-7-5(6)4-9-10-7/h4,6,10H,1-3H2/q+1. The lowest BCUT2D eigenvalue weighted by Gasteiger charge is -2.13. The molecule has 1 heterocycles. The van der Waals surface area contributed by atoms with Crippen LogP contribution in [0.4, 0.5) is 0 Å². The summed E-state index contributed by atoms with van der Waals surface area (Å²) in [6.45, 7) is 0. The number of rotatable bonds is 0. The van der Waals surface area contributed by atoms with Gasteiger partial charge in [0, 0.05) is 0 Å². The third-order valence-electron chi connectivity index (χ3n) is 1.97. The number of hydrogen-bond acceptors (Lipinski definition) is 2. The first-order valence-corrected chi connectivity index (χ1v) is 3.98. The van der Waals surface area contributed by atoms with Crippen LogP contribution in [0.15, 0.2) is 11.3 Å². The summed E-state index contributed by atoms with van der Waals surface area (Å²) in [7, 11) is 0. The molecule has 0 saturated carbocycles. The molecule has 0 aromatic carbocycles. The zero-order valence-electron chi connectivity index (χ0n) is 5.60. The van der Waals surface area contributed by atoms with E-state index in [0.717, 1.165) is 12.8 Å². The SMILES string of the molecule is ClC1CCCC2=C1C=[N+]N2. The third kappa shape index (κ3) is 0.833. The third-order valence-corrected chi connectivity index (χ3v) is 2.43. The van der Waals surface area contributed by atoms with Crippen LogP contribution in [-0.2, 0) is 0 Å². The predicted octanol–water partition coefficient (Wildman–Crippen LogP) is 0.957. The van der Waals surface area contributed by atoms with E-state index in [4.69, 9.17) is 11.6 Å². The molecule has 0 spiro atoms. The molecule has 1 aliphatic heterocycles. The van der Waals surface area contributed by atoms with Crippen molar-refractivity contribution >= 4 is 17.8 Å². The monoisotopic (exact) mass is 156 g/mol. The zero-order valence-corrected chi connectivity index (χ0v) is 6.36. The summed E-state index contributed by atoms with van der Waals surface area (Å²) in [5.41, 5.74) is 5.38. The molecule has 0 amide bonds. The summed E-state index contributed by atoms with van der Waals surface area (Å²) in [5.74, 6) is 0. The fraction of sp³-hybridized carbons (Fsp3) is 0.571. The van der Waals surface area contributed by atoms with Crippen LogP contribution in [0.2, 0.25) is 0 Å². The van der Waals surface area contributed by atoms with Crippen molar-refractivity contribution in [2.24, 2.45) is 0 Å². The highest BCUT2D eigenvalue weighted by Gasteiger charge is 2.28. The number of nitrogens with zero attached hydrogens (tertiary/aromatic N) is 1. The zero-order chi connectivity index (χ0) is 6.97. The van der Waals surface area contributed by atoms with Gasteiger partial charge in [0.2, 0.25) is 0 Å². The van der Waals surface area contributed by atoms with Gasteiger partial charge in [0.25, 0.3) is 6.21 Å². The summed E-state index contributed by atoms with van der Waals surface area (Å²) >= 11 is 6.03. The highest BCUT2D eigenvalue weighted by atomic mass is 35.5. The molecule has 1 radical (unpaired) electrons. The van der Waals surface area contributed by atoms with Crippen molar-refractivity contribution in [1.29, 1.82) is 0 Å². The Morgan fingerprint density at radius 1 is 1.70 bits per heavy atom. The molecule has 2 rings (SSSR count). The van der Waals surface area contributed by atoms with E-state index in [-0.39, 0.29) is 5.38 Å². The number of hydrogen-bond donors (Lipinski definition) is 1. The molecule has 0 aromatic heterocycles. The van der Waals surface area contributed by atoms with Gasteiger partial charge < -0.3 is 0 Å². The highest BCUT2D eigenvalue weighted by Crippen LogP contribution is 2.27. The van der Waals surface area contributed by atoms with Gasteiger partial charge in [0.1, 0.15) is 0 Å². The van der Waals surface area contributed by atoms with Crippen molar-refractivity contribution in [3.63, 3.8) is 0 Å². The number of alkyl halides is 1. The fourth-order valence-corrected chi connectivity index (χ4v) is 1.75. The fourth-order valence-electron chi connectivity index (χ4n) is 1.41. The molecule has 1 unspecified atom stereocenters. The van der Waals surface area contributed by atoms with E-state index in [0.29, 0.717) is 0 Å². The van der Waals surface area contributed by atoms with Crippen LogP contribution in [0.1, 0.15) is 19.3 Å². The van der Waals surface area contributed by atoms with E-state index in [2.05, 4.69) is 10.5 Å². The lowest BCUT2D eigenvalue weighted by atomic mass is 9.97. The van der Waals surface area contributed by atoms with Crippen LogP contribution in [0.5, 0.6) is 0 Å². The molecule has 2 aliphatic rings. The van der Waals surface area contributed by atoms with Crippen LogP contribution in [-0.4, -0.2) is 11.6 Å². The molecule has 0 aromatic rings. The average Bonchev–Trinajstić information content (AvgIpc) is 2.36. The molecular weight excluding hydrogens is 148 g/mol. The Labute approximate surface area is 64.9 Å². The molecule has 0 bridgehead atoms. The van der Waals surface area contributed by atoms with E-state index in [1.165, 1.54) is 17.7 Å². The van der Waals surface area contributed by atoms with Crippen molar-refractivity contribution in [2.45, 2.75) is 24.6 Å². The van der Waals surface area contributed by atoms with Gasteiger partial charge >= 0.3 is 0 Å². The maximum absolute atomic E-state index is 6.03. The van der Waals surface area contributed by atoms with E-state index >= 15 is 0 Å². The summed E-state index contributed by atoms with van der Waals surface area (Å²) in [5, 5.41) is 4.14. The Kier molecular flexibility index (Phi) is 1.42. The molecule has 53 valence electrons. The van der Waals surface area contributed by atoms with Crippen molar-refractivity contribution in [3.8, 4) is 0 Å². The Hall–Kier alpha value is -0.500. The van der Waals surface area contributed by atoms with Crippen LogP contribution in [0.25, 0.3) is 0 Å². The van der Waals surface area contributed by atoms with Crippen LogP contribution < -0.4 is 10.5 Å². The topological polar surface area (TPSA) is 26.1 Å². The molecule has 1 aliphatic carbocycles. The van der Waals surface area contributed by atoms with Gasteiger partial charge in [-0.25, -0.2) is 0 Å². The van der Waals surface area contributed by atoms with Crippen molar-refractivity contribution in [3.05, 3.63) is 11.3 Å². The summed E-state index contributed by atoms with van der Waals surface area (Å²) < 4.78 is 0. The lowest BCUT2D eigenvalue weighted by Crippen LogP contribution is -2.15. The Morgan fingerprint density at radius 3 is 3.40 bits per heavy atom. The maximum atomic E-state index is 6.03. The second-order valence-corrected chi connectivity index (χ2v) is 3.19. The van der Waals surface area contributed by atoms with Gasteiger partial charge in [-0.1, -0.05) is 0 Å². The van der Waals surface area contributed by atoms with E-state index in [1.54, 1.807) is 0 Å². The number of nitrogens with one attached hydrogen (secondary N) is 1. The molecule has 10 heavy (non-hydrogen) atoms. The van der Waals surface area contributed by atoms with Gasteiger partial charge in [-0.2, -0.15) is 0 Å². The van der Waals surface area contributed by atoms with Crippen LogP contribution in [0.3, 0.4) is 0 Å². The highest BCUT2D eigenvalue weighted by molar-refractivity contribution is 6.24. The van der Waals surface area contributed by atoms with Crippen molar-refractivity contribution < 1.29 is 0 Å². The molecule has 1 N–H and O–H groups in total. The molecule has 3 heteroatoms. The number of hydrazone groups is 1. The van der Waals surface area contributed by atoms with Gasteiger partial charge in [0.15, 0.2) is 5.10 Å². The quantitative estimate of drug-likeness (QED) is 0.520. The smallest absolute Gasteiger partial charge is 0.117 e. The maximum Gasteiger partial charge on any atom is 0.281 e. The number of halogens is 1. The Balaban J connectivity index is 2.29. The first-order chi connectivity index (χ1) is 4.88. The van der Waals surface area contributed by atoms with Gasteiger partial charge in [-0.15, -0.1) is 17.0 Å². The minimum Gasteiger partial charge on any atom is -0.117 e. The average molecular weight is 157 g/mol. The summed E-state index contributed by atoms with van der Waals surface area (Å²) in [4.78, 5) is 0. The minimum absolute atomic E-state index is 0.197. The van der Waals surface area contributed by atoms with Gasteiger partial charge in [0.05, 0.1) is 16.6 Å².